The van der Waals surface area contributed by atoms with Crippen LogP contribution in [-0.2, 0) is 11.2 Å². The minimum Gasteiger partial charge on any atom is -0.325 e. The van der Waals surface area contributed by atoms with E-state index in [1.165, 1.54) is 22.7 Å². The van der Waals surface area contributed by atoms with Crippen LogP contribution in [0.5, 0.6) is 0 Å². The number of amides is 1. The number of nitrogens with one attached hydrogen (secondary N) is 1. The van der Waals surface area contributed by atoms with Crippen molar-refractivity contribution >= 4 is 34.7 Å². The molecule has 0 aliphatic heterocycles. The highest BCUT2D eigenvalue weighted by Crippen LogP contribution is 2.39. The van der Waals surface area contributed by atoms with Gasteiger partial charge in [-0.05, 0) is 48.9 Å². The van der Waals surface area contributed by atoms with Crippen LogP contribution in [0.1, 0.15) is 35.1 Å². The van der Waals surface area contributed by atoms with Crippen molar-refractivity contribution in [1.29, 1.82) is 0 Å². The van der Waals surface area contributed by atoms with E-state index >= 15 is 0 Å². The van der Waals surface area contributed by atoms with E-state index in [4.69, 9.17) is 0 Å². The molecule has 1 N–H and O–H groups in total. The van der Waals surface area contributed by atoms with Crippen LogP contribution in [0.4, 0.5) is 10.1 Å². The first-order valence-corrected chi connectivity index (χ1v) is 10.6. The molecule has 2 heterocycles. The van der Waals surface area contributed by atoms with Crippen molar-refractivity contribution in [1.82, 2.24) is 14.8 Å². The summed E-state index contributed by atoms with van der Waals surface area (Å²) in [5.41, 5.74) is 1.02. The van der Waals surface area contributed by atoms with Crippen LogP contribution in [-0.4, -0.2) is 26.4 Å². The highest BCUT2D eigenvalue weighted by atomic mass is 32.2. The van der Waals surface area contributed by atoms with Gasteiger partial charge in [0.2, 0.25) is 5.91 Å². The number of benzene rings is 1. The number of carbonyl (C=O) groups is 1. The number of halogens is 1. The molecule has 3 aromatic rings. The van der Waals surface area contributed by atoms with Gasteiger partial charge in [-0.25, -0.2) is 4.39 Å². The smallest absolute Gasteiger partial charge is 0.234 e. The maximum absolute atomic E-state index is 13.6. The van der Waals surface area contributed by atoms with Crippen LogP contribution in [0.3, 0.4) is 0 Å². The van der Waals surface area contributed by atoms with Gasteiger partial charge in [-0.15, -0.1) is 21.5 Å². The Morgan fingerprint density at radius 1 is 1.37 bits per heavy atom. The molecular weight excluding hydrogens is 383 g/mol. The molecule has 0 atom stereocenters. The maximum Gasteiger partial charge on any atom is 0.234 e. The monoisotopic (exact) mass is 402 g/mol. The third kappa shape index (κ3) is 4.39. The highest BCUT2D eigenvalue weighted by Gasteiger charge is 2.30. The van der Waals surface area contributed by atoms with E-state index in [1.807, 2.05) is 6.07 Å². The van der Waals surface area contributed by atoms with E-state index in [0.717, 1.165) is 30.2 Å². The van der Waals surface area contributed by atoms with E-state index in [0.29, 0.717) is 17.3 Å². The van der Waals surface area contributed by atoms with Crippen molar-refractivity contribution in [2.45, 2.75) is 37.4 Å². The average Bonchev–Trinajstić information content (AvgIpc) is 3.20. The van der Waals surface area contributed by atoms with Gasteiger partial charge in [0.25, 0.3) is 0 Å². The molecule has 0 unspecified atom stereocenters. The summed E-state index contributed by atoms with van der Waals surface area (Å²) in [4.78, 5) is 13.5. The number of carbonyl (C=O) groups excluding carboxylic acids is 1. The van der Waals surface area contributed by atoms with Gasteiger partial charge in [0.15, 0.2) is 5.16 Å². The number of anilines is 1. The first-order chi connectivity index (χ1) is 13.1. The molecule has 0 saturated heterocycles. The fourth-order valence-electron chi connectivity index (χ4n) is 2.79. The number of rotatable bonds is 7. The molecule has 8 heteroatoms. The van der Waals surface area contributed by atoms with Crippen LogP contribution < -0.4 is 5.32 Å². The molecule has 0 spiro atoms. The van der Waals surface area contributed by atoms with Crippen molar-refractivity contribution in [2.75, 3.05) is 11.1 Å². The van der Waals surface area contributed by atoms with Gasteiger partial charge < -0.3 is 9.88 Å². The number of thioether (sulfide) groups is 1. The van der Waals surface area contributed by atoms with Gasteiger partial charge in [0.1, 0.15) is 11.6 Å². The second-order valence-electron chi connectivity index (χ2n) is 6.56. The largest absolute Gasteiger partial charge is 0.325 e. The lowest BCUT2D eigenvalue weighted by Crippen LogP contribution is -2.15. The molecule has 1 aromatic carbocycles. The highest BCUT2D eigenvalue weighted by molar-refractivity contribution is 7.99. The Labute approximate surface area is 165 Å². The standard InChI is InChI=1S/C19H19FN4OS2/c1-12-4-5-13(9-16(12)20)21-18(25)11-27-19-23-22-17(24(19)14-6-7-14)10-15-3-2-8-26-15/h2-5,8-9,14H,6-7,10-11H2,1H3,(H,21,25). The zero-order valence-electron chi connectivity index (χ0n) is 14.8. The van der Waals surface area contributed by atoms with E-state index < -0.39 is 0 Å². The van der Waals surface area contributed by atoms with Crippen molar-refractivity contribution in [2.24, 2.45) is 0 Å². The molecule has 5 nitrogen and oxygen atoms in total. The summed E-state index contributed by atoms with van der Waals surface area (Å²) < 4.78 is 15.8. The van der Waals surface area contributed by atoms with Gasteiger partial charge in [0, 0.05) is 23.0 Å². The van der Waals surface area contributed by atoms with E-state index in [1.54, 1.807) is 30.4 Å². The van der Waals surface area contributed by atoms with Crippen molar-refractivity contribution in [3.63, 3.8) is 0 Å². The van der Waals surface area contributed by atoms with Gasteiger partial charge >= 0.3 is 0 Å². The molecule has 4 rings (SSSR count). The van der Waals surface area contributed by atoms with Crippen LogP contribution in [0.25, 0.3) is 0 Å². The first kappa shape index (κ1) is 18.2. The second-order valence-corrected chi connectivity index (χ2v) is 8.53. The third-order valence-electron chi connectivity index (χ3n) is 4.35. The van der Waals surface area contributed by atoms with Crippen LogP contribution in [0, 0.1) is 12.7 Å². The number of hydrogen-bond donors (Lipinski definition) is 1. The lowest BCUT2D eigenvalue weighted by Gasteiger charge is -2.09. The predicted molar refractivity (Wildman–Crippen MR) is 106 cm³/mol. The molecule has 1 amide bonds. The van der Waals surface area contributed by atoms with Crippen LogP contribution >= 0.6 is 23.1 Å². The molecule has 1 saturated carbocycles. The number of aromatic nitrogens is 3. The molecule has 1 aliphatic carbocycles. The fourth-order valence-corrected chi connectivity index (χ4v) is 4.32. The summed E-state index contributed by atoms with van der Waals surface area (Å²) in [6, 6.07) is 9.25. The molecule has 2 aromatic heterocycles. The molecule has 1 fully saturated rings. The number of thiophene rings is 1. The van der Waals surface area contributed by atoms with Crippen molar-refractivity contribution < 1.29 is 9.18 Å². The zero-order chi connectivity index (χ0) is 18.8. The normalized spacial score (nSPS) is 13.7. The minimum atomic E-state index is -0.327. The van der Waals surface area contributed by atoms with E-state index in [2.05, 4.69) is 31.5 Å². The number of hydrogen-bond acceptors (Lipinski definition) is 5. The minimum absolute atomic E-state index is 0.187. The lowest BCUT2D eigenvalue weighted by atomic mass is 10.2. The number of aryl methyl sites for hydroxylation is 1. The Kier molecular flexibility index (Phi) is 5.27. The zero-order valence-corrected chi connectivity index (χ0v) is 16.4. The molecular formula is C19H19FN4OS2. The van der Waals surface area contributed by atoms with Gasteiger partial charge in [-0.2, -0.15) is 0 Å². The molecule has 27 heavy (non-hydrogen) atoms. The second kappa shape index (κ2) is 7.82. The third-order valence-corrected chi connectivity index (χ3v) is 6.17. The fraction of sp³-hybridized carbons (Fsp3) is 0.316. The molecule has 140 valence electrons. The summed E-state index contributed by atoms with van der Waals surface area (Å²) in [5, 5.41) is 14.2. The van der Waals surface area contributed by atoms with E-state index in [9.17, 15) is 9.18 Å². The number of nitrogens with zero attached hydrogens (tertiary/aromatic N) is 3. The van der Waals surface area contributed by atoms with Crippen molar-refractivity contribution in [3.05, 3.63) is 57.8 Å². The van der Waals surface area contributed by atoms with Gasteiger partial charge in [0.05, 0.1) is 5.75 Å². The summed E-state index contributed by atoms with van der Waals surface area (Å²) in [6.07, 6.45) is 3.01. The predicted octanol–water partition coefficient (Wildman–Crippen LogP) is 4.44. The summed E-state index contributed by atoms with van der Waals surface area (Å²) in [6.45, 7) is 1.69. The van der Waals surface area contributed by atoms with Crippen LogP contribution in [0.2, 0.25) is 0 Å². The average molecular weight is 403 g/mol. The maximum atomic E-state index is 13.6. The molecule has 0 radical (unpaired) electrons. The molecule has 0 bridgehead atoms. The first-order valence-electron chi connectivity index (χ1n) is 8.75. The summed E-state index contributed by atoms with van der Waals surface area (Å²) in [7, 11) is 0. The van der Waals surface area contributed by atoms with Crippen LogP contribution in [0.15, 0.2) is 40.9 Å². The Morgan fingerprint density at radius 2 is 2.22 bits per heavy atom. The molecule has 1 aliphatic rings. The Bertz CT molecular complexity index is 951. The van der Waals surface area contributed by atoms with Gasteiger partial charge in [-0.1, -0.05) is 23.9 Å². The Balaban J connectivity index is 1.41. The lowest BCUT2D eigenvalue weighted by molar-refractivity contribution is -0.113. The Hall–Kier alpha value is -2.19. The SMILES string of the molecule is Cc1ccc(NC(=O)CSc2nnc(Cc3cccs3)n2C2CC2)cc1F. The Morgan fingerprint density at radius 3 is 2.93 bits per heavy atom. The van der Waals surface area contributed by atoms with Gasteiger partial charge in [-0.3, -0.25) is 4.79 Å². The topological polar surface area (TPSA) is 59.8 Å². The van der Waals surface area contributed by atoms with E-state index in [-0.39, 0.29) is 17.5 Å². The van der Waals surface area contributed by atoms with Crippen molar-refractivity contribution in [3.8, 4) is 0 Å². The summed E-state index contributed by atoms with van der Waals surface area (Å²) in [5.74, 6) is 0.642. The quantitative estimate of drug-likeness (QED) is 0.594. The summed E-state index contributed by atoms with van der Waals surface area (Å²) >= 11 is 3.08.